The molecule has 1 heterocycles. The van der Waals surface area contributed by atoms with Gasteiger partial charge in [0.1, 0.15) is 20.6 Å². The summed E-state index contributed by atoms with van der Waals surface area (Å²) in [7, 11) is -3.53. The van der Waals surface area contributed by atoms with Crippen LogP contribution in [-0.4, -0.2) is 20.2 Å². The number of nitrogens with zero attached hydrogens (tertiary/aromatic N) is 2. The molecule has 0 aliphatic rings. The number of rotatable bonds is 6. The Balaban J connectivity index is 2.54. The number of thiazole rings is 1. The molecular weight excluding hydrogens is 425 g/mol. The van der Waals surface area contributed by atoms with E-state index in [-0.39, 0.29) is 21.9 Å². The van der Waals surface area contributed by atoms with Crippen molar-refractivity contribution in [2.45, 2.75) is 76.0 Å². The van der Waals surface area contributed by atoms with E-state index in [1.165, 1.54) is 18.3 Å². The third-order valence-electron chi connectivity index (χ3n) is 4.78. The fraction of sp³-hybridized carbons (Fsp3) is 0.524. The zero-order valence-corrected chi connectivity index (χ0v) is 20.0. The van der Waals surface area contributed by atoms with E-state index in [1.54, 1.807) is 20.8 Å². The molecule has 2 unspecified atom stereocenters. The lowest BCUT2D eigenvalue weighted by atomic mass is 9.82. The maximum atomic E-state index is 14.2. The monoisotopic (exact) mass is 455 g/mol. The molecule has 0 aliphatic heterocycles. The second-order valence-electron chi connectivity index (χ2n) is 8.57. The number of benzene rings is 1. The highest BCUT2D eigenvalue weighted by Gasteiger charge is 2.28. The van der Waals surface area contributed by atoms with Crippen LogP contribution < -0.4 is 5.14 Å². The van der Waals surface area contributed by atoms with Crippen LogP contribution in [0.1, 0.15) is 87.9 Å². The van der Waals surface area contributed by atoms with Crippen molar-refractivity contribution in [2.75, 3.05) is 0 Å². The first-order valence-corrected chi connectivity index (χ1v) is 12.1. The van der Waals surface area contributed by atoms with Gasteiger partial charge in [0.15, 0.2) is 9.92 Å². The number of aromatic nitrogens is 1. The van der Waals surface area contributed by atoms with Crippen LogP contribution in [-0.2, 0) is 20.3 Å². The van der Waals surface area contributed by atoms with Gasteiger partial charge < -0.3 is 5.11 Å². The van der Waals surface area contributed by atoms with Crippen molar-refractivity contribution in [3.63, 3.8) is 0 Å². The Kier molecular flexibility index (Phi) is 7.23. The minimum Gasteiger partial charge on any atom is -0.383 e. The molecule has 1 aromatic heterocycles. The zero-order valence-electron chi connectivity index (χ0n) is 18.4. The Morgan fingerprint density at radius 2 is 1.70 bits per heavy atom. The highest BCUT2D eigenvalue weighted by atomic mass is 32.2. The normalized spacial score (nSPS) is 15.3. The van der Waals surface area contributed by atoms with Crippen molar-refractivity contribution in [2.24, 2.45) is 9.50 Å². The summed E-state index contributed by atoms with van der Waals surface area (Å²) < 4.78 is 31.1. The topological polar surface area (TPSA) is 106 Å². The van der Waals surface area contributed by atoms with E-state index < -0.39 is 27.3 Å². The maximum absolute atomic E-state index is 14.2. The standard InChI is InChI=1S/C21H30FN3O3S2/c1-11(2)15-8-14(22)9-16(12(3)4)18(15)13(5)19(26)25-30(23,28)17-10-24-20(29-17)21(6,7)27/h8-13,27H,1-7H3,(H2,23,25,26,28). The molecule has 0 saturated heterocycles. The summed E-state index contributed by atoms with van der Waals surface area (Å²) in [5, 5.41) is 16.3. The van der Waals surface area contributed by atoms with Gasteiger partial charge in [-0.2, -0.15) is 0 Å². The summed E-state index contributed by atoms with van der Waals surface area (Å²) in [5.41, 5.74) is 0.926. The SMILES string of the molecule is CC(C)c1cc(F)cc(C(C)C)c1C(C)C(=O)N=S(N)(=O)c1cnc(C(C)(C)O)s1. The van der Waals surface area contributed by atoms with Crippen LogP contribution in [0.15, 0.2) is 26.9 Å². The molecule has 9 heteroatoms. The molecule has 0 saturated carbocycles. The van der Waals surface area contributed by atoms with Gasteiger partial charge in [-0.25, -0.2) is 18.7 Å². The van der Waals surface area contributed by atoms with Gasteiger partial charge in [0, 0.05) is 0 Å². The Bertz CT molecular complexity index is 1030. The Morgan fingerprint density at radius 3 is 2.10 bits per heavy atom. The molecule has 6 nitrogen and oxygen atoms in total. The van der Waals surface area contributed by atoms with E-state index in [4.69, 9.17) is 5.14 Å². The van der Waals surface area contributed by atoms with Crippen LogP contribution in [0.3, 0.4) is 0 Å². The summed E-state index contributed by atoms with van der Waals surface area (Å²) in [6, 6.07) is 2.88. The molecule has 0 aliphatic carbocycles. The first-order chi connectivity index (χ1) is 13.6. The van der Waals surface area contributed by atoms with Gasteiger partial charge in [0.25, 0.3) is 5.91 Å². The number of nitrogens with two attached hydrogens (primary N) is 1. The van der Waals surface area contributed by atoms with Gasteiger partial charge in [0.05, 0.1) is 12.1 Å². The second kappa shape index (κ2) is 8.82. The molecule has 0 fully saturated rings. The van der Waals surface area contributed by atoms with Crippen molar-refractivity contribution >= 4 is 27.2 Å². The van der Waals surface area contributed by atoms with E-state index in [9.17, 15) is 18.5 Å². The average Bonchev–Trinajstić information content (AvgIpc) is 3.11. The molecule has 2 rings (SSSR count). The molecule has 1 aromatic carbocycles. The summed E-state index contributed by atoms with van der Waals surface area (Å²) in [6.07, 6.45) is 1.28. The predicted octanol–water partition coefficient (Wildman–Crippen LogP) is 4.79. The van der Waals surface area contributed by atoms with Gasteiger partial charge in [0.2, 0.25) is 0 Å². The van der Waals surface area contributed by atoms with Crippen LogP contribution in [0.2, 0.25) is 0 Å². The molecular formula is C21H30FN3O3S2. The van der Waals surface area contributed by atoms with E-state index in [1.807, 2.05) is 27.7 Å². The Labute approximate surface area is 182 Å². The van der Waals surface area contributed by atoms with Crippen LogP contribution in [0.25, 0.3) is 0 Å². The molecule has 1 amide bonds. The molecule has 2 atom stereocenters. The summed E-state index contributed by atoms with van der Waals surface area (Å²) in [4.78, 5) is 17.0. The molecule has 2 aromatic rings. The van der Waals surface area contributed by atoms with Gasteiger partial charge in [-0.15, -0.1) is 15.7 Å². The zero-order chi connectivity index (χ0) is 23.0. The van der Waals surface area contributed by atoms with E-state index >= 15 is 0 Å². The number of aliphatic hydroxyl groups is 1. The van der Waals surface area contributed by atoms with Crippen molar-refractivity contribution < 1.29 is 18.5 Å². The fourth-order valence-corrected chi connectivity index (χ4v) is 5.37. The average molecular weight is 456 g/mol. The molecule has 0 spiro atoms. The van der Waals surface area contributed by atoms with Crippen molar-refractivity contribution in [3.05, 3.63) is 45.8 Å². The first-order valence-electron chi connectivity index (χ1n) is 9.75. The number of hydrogen-bond donors (Lipinski definition) is 2. The summed E-state index contributed by atoms with van der Waals surface area (Å²) in [5.74, 6) is -1.76. The minimum atomic E-state index is -3.53. The number of carbonyl (C=O) groups excluding carboxylic acids is 1. The molecule has 3 N–H and O–H groups in total. The van der Waals surface area contributed by atoms with Gasteiger partial charge in [-0.05, 0) is 61.4 Å². The van der Waals surface area contributed by atoms with Crippen LogP contribution >= 0.6 is 11.3 Å². The van der Waals surface area contributed by atoms with Gasteiger partial charge in [-0.1, -0.05) is 27.7 Å². The smallest absolute Gasteiger partial charge is 0.262 e. The number of amides is 1. The number of hydrogen-bond acceptors (Lipinski definition) is 5. The molecule has 30 heavy (non-hydrogen) atoms. The van der Waals surface area contributed by atoms with E-state index in [0.29, 0.717) is 10.6 Å². The van der Waals surface area contributed by atoms with Gasteiger partial charge >= 0.3 is 0 Å². The largest absolute Gasteiger partial charge is 0.383 e. The fourth-order valence-electron chi connectivity index (χ4n) is 3.17. The van der Waals surface area contributed by atoms with Crippen LogP contribution in [0.4, 0.5) is 4.39 Å². The maximum Gasteiger partial charge on any atom is 0.262 e. The van der Waals surface area contributed by atoms with Crippen molar-refractivity contribution in [1.29, 1.82) is 0 Å². The lowest BCUT2D eigenvalue weighted by Crippen LogP contribution is -2.19. The predicted molar refractivity (Wildman–Crippen MR) is 118 cm³/mol. The van der Waals surface area contributed by atoms with Crippen molar-refractivity contribution in [1.82, 2.24) is 4.98 Å². The third-order valence-corrected chi connectivity index (χ3v) is 7.98. The van der Waals surface area contributed by atoms with Crippen LogP contribution in [0, 0.1) is 5.82 Å². The number of halogens is 1. The second-order valence-corrected chi connectivity index (χ2v) is 11.6. The van der Waals surface area contributed by atoms with E-state index in [2.05, 4.69) is 9.35 Å². The Morgan fingerprint density at radius 1 is 1.20 bits per heavy atom. The highest BCUT2D eigenvalue weighted by Crippen LogP contribution is 2.35. The Hall–Kier alpha value is -1.68. The lowest BCUT2D eigenvalue weighted by molar-refractivity contribution is -0.118. The van der Waals surface area contributed by atoms with Crippen molar-refractivity contribution in [3.8, 4) is 0 Å². The first kappa shape index (κ1) is 24.6. The quantitative estimate of drug-likeness (QED) is 0.653. The lowest BCUT2D eigenvalue weighted by Gasteiger charge is -2.23. The third kappa shape index (κ3) is 5.32. The summed E-state index contributed by atoms with van der Waals surface area (Å²) in [6.45, 7) is 12.5. The molecule has 0 bridgehead atoms. The molecule has 166 valence electrons. The van der Waals surface area contributed by atoms with Crippen LogP contribution in [0.5, 0.6) is 0 Å². The highest BCUT2D eigenvalue weighted by molar-refractivity contribution is 7.93. The minimum absolute atomic E-state index is 0.0125. The molecule has 0 radical (unpaired) electrons. The van der Waals surface area contributed by atoms with E-state index in [0.717, 1.165) is 22.5 Å². The number of carbonyl (C=O) groups is 1. The summed E-state index contributed by atoms with van der Waals surface area (Å²) >= 11 is 0.957. The van der Waals surface area contributed by atoms with Gasteiger partial charge in [-0.3, -0.25) is 4.79 Å².